The van der Waals surface area contributed by atoms with Gasteiger partial charge in [-0.05, 0) is 47.5 Å². The molecule has 4 rings (SSSR count). The van der Waals surface area contributed by atoms with E-state index in [0.29, 0.717) is 38.2 Å². The second-order valence-electron chi connectivity index (χ2n) is 9.98. The normalized spacial score (nSPS) is 11.6. The number of rotatable bonds is 6. The molecule has 0 unspecified atom stereocenters. The molecule has 2 amide bonds. The number of nitrogens with zero attached hydrogens (tertiary/aromatic N) is 2. The number of benzene rings is 3. The van der Waals surface area contributed by atoms with Crippen LogP contribution in [0.2, 0.25) is 10.0 Å². The number of aromatic nitrogens is 2. The molecule has 3 aromatic carbocycles. The molecule has 0 aliphatic carbocycles. The van der Waals surface area contributed by atoms with E-state index in [1.54, 1.807) is 48.0 Å². The molecule has 1 aromatic heterocycles. The van der Waals surface area contributed by atoms with Crippen LogP contribution in [-0.4, -0.2) is 21.4 Å². The van der Waals surface area contributed by atoms with E-state index in [-0.39, 0.29) is 24.4 Å². The van der Waals surface area contributed by atoms with Crippen molar-refractivity contribution in [2.24, 2.45) is 12.5 Å². The zero-order valence-corrected chi connectivity index (χ0v) is 24.4. The van der Waals surface area contributed by atoms with Crippen molar-refractivity contribution in [2.45, 2.75) is 33.7 Å². The average molecular weight is 620 g/mol. The second-order valence-corrected chi connectivity index (χ2v) is 11.7. The van der Waals surface area contributed by atoms with Gasteiger partial charge in [0.15, 0.2) is 0 Å². The number of anilines is 1. The smallest absolute Gasteiger partial charge is 0.258 e. The maximum atomic E-state index is 15.0. The molecular formula is C28H26BrCl2FN4O2. The molecule has 2 N–H and O–H groups in total. The maximum Gasteiger partial charge on any atom is 0.258 e. The largest absolute Gasteiger partial charge is 0.352 e. The van der Waals surface area contributed by atoms with Crippen molar-refractivity contribution in [2.75, 3.05) is 5.32 Å². The fourth-order valence-corrected chi connectivity index (χ4v) is 4.71. The third-order valence-corrected chi connectivity index (χ3v) is 7.48. The molecule has 6 nitrogen and oxygen atoms in total. The average Bonchev–Trinajstić information content (AvgIpc) is 3.15. The molecule has 0 saturated heterocycles. The monoisotopic (exact) mass is 618 g/mol. The Bertz CT molecular complexity index is 1550. The Balaban J connectivity index is 1.61. The van der Waals surface area contributed by atoms with Crippen LogP contribution in [0.15, 0.2) is 53.0 Å². The van der Waals surface area contributed by atoms with Gasteiger partial charge in [-0.2, -0.15) is 0 Å². The van der Waals surface area contributed by atoms with Crippen molar-refractivity contribution < 1.29 is 14.0 Å². The van der Waals surface area contributed by atoms with Crippen LogP contribution in [-0.2, 0) is 24.8 Å². The second kappa shape index (κ2) is 11.0. The summed E-state index contributed by atoms with van der Waals surface area (Å²) in [6.45, 7) is 5.76. The third-order valence-electron chi connectivity index (χ3n) is 6.13. The first-order chi connectivity index (χ1) is 17.8. The van der Waals surface area contributed by atoms with Gasteiger partial charge < -0.3 is 15.2 Å². The van der Waals surface area contributed by atoms with Crippen molar-refractivity contribution in [3.63, 3.8) is 0 Å². The standard InChI is InChI=1S/C28H26BrCl2FN4O2/c1-28(2,3)27(38)33-14-15-5-10-20(30)18(25(15)31)12-24-35-22-11-19(21(32)13-23(22)36(24)4)26(37)34-17-8-6-16(29)7-9-17/h5-11,13H,12,14H2,1-4H3,(H,33,38)(H,34,37). The van der Waals surface area contributed by atoms with Gasteiger partial charge in [-0.25, -0.2) is 9.37 Å². The molecule has 0 spiro atoms. The number of amides is 2. The summed E-state index contributed by atoms with van der Waals surface area (Å²) < 4.78 is 17.6. The first kappa shape index (κ1) is 28.1. The maximum absolute atomic E-state index is 15.0. The summed E-state index contributed by atoms with van der Waals surface area (Å²) in [4.78, 5) is 29.7. The number of fused-ring (bicyclic) bond motifs is 1. The Morgan fingerprint density at radius 1 is 1.08 bits per heavy atom. The van der Waals surface area contributed by atoms with Crippen molar-refractivity contribution in [3.8, 4) is 0 Å². The van der Waals surface area contributed by atoms with Crippen LogP contribution in [0.4, 0.5) is 10.1 Å². The van der Waals surface area contributed by atoms with E-state index in [4.69, 9.17) is 23.2 Å². The molecule has 0 bridgehead atoms. The molecular weight excluding hydrogens is 594 g/mol. The van der Waals surface area contributed by atoms with Gasteiger partial charge in [0.05, 0.1) is 21.6 Å². The predicted octanol–water partition coefficient (Wildman–Crippen LogP) is 7.29. The number of hydrogen-bond acceptors (Lipinski definition) is 3. The molecule has 1 heterocycles. The molecule has 0 saturated carbocycles. The van der Waals surface area contributed by atoms with Gasteiger partial charge in [0.1, 0.15) is 11.6 Å². The highest BCUT2D eigenvalue weighted by Gasteiger charge is 2.22. The molecule has 0 radical (unpaired) electrons. The van der Waals surface area contributed by atoms with E-state index < -0.39 is 17.1 Å². The van der Waals surface area contributed by atoms with Crippen molar-refractivity contribution in [1.29, 1.82) is 0 Å². The van der Waals surface area contributed by atoms with Crippen molar-refractivity contribution in [3.05, 3.63) is 91.4 Å². The minimum absolute atomic E-state index is 0.0950. The summed E-state index contributed by atoms with van der Waals surface area (Å²) in [6, 6.07) is 13.2. The Labute approximate surface area is 238 Å². The van der Waals surface area contributed by atoms with Crippen molar-refractivity contribution >= 4 is 67.7 Å². The van der Waals surface area contributed by atoms with E-state index in [1.165, 1.54) is 12.1 Å². The summed E-state index contributed by atoms with van der Waals surface area (Å²) >= 11 is 16.5. The molecule has 10 heteroatoms. The van der Waals surface area contributed by atoms with Crippen LogP contribution in [0.1, 0.15) is 48.1 Å². The molecule has 0 atom stereocenters. The molecule has 4 aromatic rings. The molecule has 38 heavy (non-hydrogen) atoms. The lowest BCUT2D eigenvalue weighted by Gasteiger charge is -2.18. The Kier molecular flexibility index (Phi) is 8.16. The Morgan fingerprint density at radius 3 is 2.42 bits per heavy atom. The molecule has 0 aliphatic heterocycles. The van der Waals surface area contributed by atoms with Gasteiger partial charge in [0.2, 0.25) is 5.91 Å². The van der Waals surface area contributed by atoms with Crippen LogP contribution in [0.3, 0.4) is 0 Å². The number of aryl methyl sites for hydroxylation is 1. The highest BCUT2D eigenvalue weighted by molar-refractivity contribution is 9.10. The summed E-state index contributed by atoms with van der Waals surface area (Å²) in [5.74, 6) is -0.740. The molecule has 198 valence electrons. The Hall–Kier alpha value is -2.94. The zero-order chi connectivity index (χ0) is 27.8. The quantitative estimate of drug-likeness (QED) is 0.238. The lowest BCUT2D eigenvalue weighted by atomic mass is 9.95. The highest BCUT2D eigenvalue weighted by atomic mass is 79.9. The van der Waals surface area contributed by atoms with Crippen molar-refractivity contribution in [1.82, 2.24) is 14.9 Å². The summed E-state index contributed by atoms with van der Waals surface area (Å²) in [5.41, 5.74) is 2.26. The lowest BCUT2D eigenvalue weighted by molar-refractivity contribution is -0.128. The minimum Gasteiger partial charge on any atom is -0.352 e. The summed E-state index contributed by atoms with van der Waals surface area (Å²) in [6.07, 6.45) is 0.270. The van der Waals surface area contributed by atoms with Crippen LogP contribution < -0.4 is 10.6 Å². The lowest BCUT2D eigenvalue weighted by Crippen LogP contribution is -2.34. The number of carbonyl (C=O) groups excluding carboxylic acids is 2. The Morgan fingerprint density at radius 2 is 1.76 bits per heavy atom. The molecule has 0 aliphatic rings. The van der Waals surface area contributed by atoms with E-state index >= 15 is 0 Å². The number of carbonyl (C=O) groups is 2. The summed E-state index contributed by atoms with van der Waals surface area (Å²) in [7, 11) is 1.76. The van der Waals surface area contributed by atoms with Gasteiger partial charge in [-0.1, -0.05) is 66.0 Å². The van der Waals surface area contributed by atoms with E-state index in [2.05, 4.69) is 31.5 Å². The van der Waals surface area contributed by atoms with E-state index in [0.717, 1.165) is 10.0 Å². The first-order valence-corrected chi connectivity index (χ1v) is 13.4. The number of nitrogens with one attached hydrogen (secondary N) is 2. The van der Waals surface area contributed by atoms with E-state index in [9.17, 15) is 14.0 Å². The number of imidazole rings is 1. The highest BCUT2D eigenvalue weighted by Crippen LogP contribution is 2.31. The summed E-state index contributed by atoms with van der Waals surface area (Å²) in [5, 5.41) is 6.48. The van der Waals surface area contributed by atoms with Crippen LogP contribution in [0.5, 0.6) is 0 Å². The number of halogens is 4. The molecule has 0 fully saturated rings. The first-order valence-electron chi connectivity index (χ1n) is 11.8. The van der Waals surface area contributed by atoms with Gasteiger partial charge in [0, 0.05) is 46.7 Å². The topological polar surface area (TPSA) is 76.0 Å². The van der Waals surface area contributed by atoms with Crippen LogP contribution in [0, 0.1) is 11.2 Å². The van der Waals surface area contributed by atoms with Gasteiger partial charge in [0.25, 0.3) is 5.91 Å². The third kappa shape index (κ3) is 6.03. The fourth-order valence-electron chi connectivity index (χ4n) is 3.87. The SMILES string of the molecule is Cn1c(Cc2c(Cl)ccc(CNC(=O)C(C)(C)C)c2Cl)nc2cc(C(=O)Nc3ccc(Br)cc3)c(F)cc21. The van der Waals surface area contributed by atoms with Gasteiger partial charge in [-0.3, -0.25) is 9.59 Å². The van der Waals surface area contributed by atoms with Crippen LogP contribution >= 0.6 is 39.1 Å². The fraction of sp³-hybridized carbons (Fsp3) is 0.250. The van der Waals surface area contributed by atoms with Crippen LogP contribution in [0.25, 0.3) is 11.0 Å². The minimum atomic E-state index is -0.658. The predicted molar refractivity (Wildman–Crippen MR) is 153 cm³/mol. The van der Waals surface area contributed by atoms with E-state index in [1.807, 2.05) is 20.8 Å². The number of hydrogen-bond donors (Lipinski definition) is 2. The van der Waals surface area contributed by atoms with Gasteiger partial charge >= 0.3 is 0 Å². The van der Waals surface area contributed by atoms with Gasteiger partial charge in [-0.15, -0.1) is 0 Å². The zero-order valence-electron chi connectivity index (χ0n) is 21.3.